The van der Waals surface area contributed by atoms with Crippen LogP contribution in [0, 0.1) is 0 Å². The second kappa shape index (κ2) is 5.86. The van der Waals surface area contributed by atoms with E-state index in [0.29, 0.717) is 18.2 Å². The molecule has 0 spiro atoms. The number of carbonyl (C=O) groups excluding carboxylic acids is 2. The smallest absolute Gasteiger partial charge is 0.268 e. The van der Waals surface area contributed by atoms with Gasteiger partial charge in [0.05, 0.1) is 0 Å². The number of thiazole rings is 1. The molecule has 1 aliphatic rings. The first-order chi connectivity index (χ1) is 10.6. The van der Waals surface area contributed by atoms with Gasteiger partial charge in [0.25, 0.3) is 11.8 Å². The van der Waals surface area contributed by atoms with Crippen LogP contribution in [0.3, 0.4) is 0 Å². The highest BCUT2D eigenvalue weighted by Crippen LogP contribution is 2.37. The highest BCUT2D eigenvalue weighted by Gasteiger charge is 2.44. The number of carbonyl (C=O) groups is 2. The number of nitrogens with one attached hydrogen (secondary N) is 1. The van der Waals surface area contributed by atoms with Gasteiger partial charge in [-0.25, -0.2) is 4.98 Å². The minimum atomic E-state index is -1.00. The van der Waals surface area contributed by atoms with Crippen LogP contribution in [0.15, 0.2) is 35.7 Å². The Hall–Kier alpha value is -2.25. The summed E-state index contributed by atoms with van der Waals surface area (Å²) < 4.78 is 5.79. The molecule has 6 nitrogen and oxygen atoms in total. The van der Waals surface area contributed by atoms with Gasteiger partial charge in [-0.2, -0.15) is 0 Å². The number of amides is 2. The zero-order chi connectivity index (χ0) is 15.6. The molecule has 2 amide bonds. The number of anilines is 1. The van der Waals surface area contributed by atoms with Crippen molar-refractivity contribution < 1.29 is 14.3 Å². The maximum absolute atomic E-state index is 12.7. The molecule has 0 aliphatic carbocycles. The minimum absolute atomic E-state index is 0.140. The van der Waals surface area contributed by atoms with E-state index in [-0.39, 0.29) is 11.6 Å². The lowest BCUT2D eigenvalue weighted by Crippen LogP contribution is -2.39. The predicted molar refractivity (Wildman–Crippen MR) is 82.6 cm³/mol. The Kier molecular flexibility index (Phi) is 3.91. The van der Waals surface area contributed by atoms with Crippen molar-refractivity contribution in [2.24, 2.45) is 5.73 Å². The number of rotatable bonds is 4. The Morgan fingerprint density at radius 1 is 1.32 bits per heavy atom. The van der Waals surface area contributed by atoms with E-state index in [1.165, 1.54) is 5.38 Å². The SMILES string of the molecule is NC(=O)c1csc(NC(=O)C2(c3ccccc3)CCCO2)n1. The van der Waals surface area contributed by atoms with Gasteiger partial charge >= 0.3 is 0 Å². The summed E-state index contributed by atoms with van der Waals surface area (Å²) in [6, 6.07) is 9.40. The Balaban J connectivity index is 1.86. The first-order valence-corrected chi connectivity index (χ1v) is 7.76. The fourth-order valence-corrected chi connectivity index (χ4v) is 3.22. The molecule has 1 aromatic heterocycles. The average Bonchev–Trinajstić information content (AvgIpc) is 3.18. The van der Waals surface area contributed by atoms with Crippen molar-refractivity contribution in [3.63, 3.8) is 0 Å². The van der Waals surface area contributed by atoms with E-state index in [0.717, 1.165) is 23.3 Å². The van der Waals surface area contributed by atoms with E-state index >= 15 is 0 Å². The number of hydrogen-bond acceptors (Lipinski definition) is 5. The summed E-state index contributed by atoms with van der Waals surface area (Å²) in [6.07, 6.45) is 1.42. The second-order valence-electron chi connectivity index (χ2n) is 5.00. The van der Waals surface area contributed by atoms with E-state index in [1.54, 1.807) is 0 Å². The molecule has 1 atom stereocenters. The number of hydrogen-bond donors (Lipinski definition) is 2. The van der Waals surface area contributed by atoms with Crippen molar-refractivity contribution in [2.45, 2.75) is 18.4 Å². The van der Waals surface area contributed by atoms with Gasteiger partial charge in [0.2, 0.25) is 0 Å². The quantitative estimate of drug-likeness (QED) is 0.900. The molecular formula is C15H15N3O3S. The standard InChI is InChI=1S/C15H15N3O3S/c16-12(19)11-9-22-14(17-11)18-13(20)15(7-4-8-21-15)10-5-2-1-3-6-10/h1-3,5-6,9H,4,7-8H2,(H2,16,19)(H,17,18,20). The van der Waals surface area contributed by atoms with E-state index in [4.69, 9.17) is 10.5 Å². The summed E-state index contributed by atoms with van der Waals surface area (Å²) in [7, 11) is 0. The molecular weight excluding hydrogens is 302 g/mol. The molecule has 2 aromatic rings. The summed E-state index contributed by atoms with van der Waals surface area (Å²) >= 11 is 1.16. The van der Waals surface area contributed by atoms with Gasteiger partial charge in [0.1, 0.15) is 5.69 Å². The lowest BCUT2D eigenvalue weighted by Gasteiger charge is -2.27. The normalized spacial score (nSPS) is 20.7. The number of benzene rings is 1. The lowest BCUT2D eigenvalue weighted by atomic mass is 9.90. The fourth-order valence-electron chi connectivity index (χ4n) is 2.53. The van der Waals surface area contributed by atoms with E-state index in [1.807, 2.05) is 30.3 Å². The number of aromatic nitrogens is 1. The van der Waals surface area contributed by atoms with E-state index in [9.17, 15) is 9.59 Å². The Labute approximate surface area is 131 Å². The van der Waals surface area contributed by atoms with E-state index < -0.39 is 11.5 Å². The van der Waals surface area contributed by atoms with Gasteiger partial charge in [-0.3, -0.25) is 14.9 Å². The molecule has 22 heavy (non-hydrogen) atoms. The largest absolute Gasteiger partial charge is 0.364 e. The topological polar surface area (TPSA) is 94.3 Å². The molecule has 114 valence electrons. The first kappa shape index (κ1) is 14.7. The third kappa shape index (κ3) is 2.60. The summed E-state index contributed by atoms with van der Waals surface area (Å²) in [5.74, 6) is -0.895. The van der Waals surface area contributed by atoms with Gasteiger partial charge in [-0.05, 0) is 18.4 Å². The average molecular weight is 317 g/mol. The molecule has 0 bridgehead atoms. The molecule has 3 rings (SSSR count). The van der Waals surface area contributed by atoms with Crippen LogP contribution < -0.4 is 11.1 Å². The molecule has 7 heteroatoms. The molecule has 1 saturated heterocycles. The van der Waals surface area contributed by atoms with Crippen LogP contribution in [-0.2, 0) is 15.1 Å². The Bertz CT molecular complexity index is 693. The number of nitrogens with two attached hydrogens (primary N) is 1. The van der Waals surface area contributed by atoms with Crippen LogP contribution in [0.1, 0.15) is 28.9 Å². The van der Waals surface area contributed by atoms with Gasteiger partial charge in [-0.15, -0.1) is 11.3 Å². The van der Waals surface area contributed by atoms with E-state index in [2.05, 4.69) is 10.3 Å². The number of primary amides is 1. The molecule has 1 aliphatic heterocycles. The van der Waals surface area contributed by atoms with Gasteiger partial charge < -0.3 is 10.5 Å². The maximum atomic E-state index is 12.7. The van der Waals surface area contributed by atoms with Crippen molar-refractivity contribution in [2.75, 3.05) is 11.9 Å². The zero-order valence-electron chi connectivity index (χ0n) is 11.7. The highest BCUT2D eigenvalue weighted by atomic mass is 32.1. The molecule has 3 N–H and O–H groups in total. The molecule has 1 unspecified atom stereocenters. The van der Waals surface area contributed by atoms with Crippen LogP contribution >= 0.6 is 11.3 Å². The van der Waals surface area contributed by atoms with Gasteiger partial charge in [0, 0.05) is 12.0 Å². The van der Waals surface area contributed by atoms with Crippen LogP contribution in [0.25, 0.3) is 0 Å². The second-order valence-corrected chi connectivity index (χ2v) is 5.86. The summed E-state index contributed by atoms with van der Waals surface area (Å²) in [5.41, 5.74) is 5.12. The third-order valence-electron chi connectivity index (χ3n) is 3.61. The van der Waals surface area contributed by atoms with Crippen LogP contribution in [-0.4, -0.2) is 23.4 Å². The Morgan fingerprint density at radius 2 is 2.09 bits per heavy atom. The lowest BCUT2D eigenvalue weighted by molar-refractivity contribution is -0.136. The minimum Gasteiger partial charge on any atom is -0.364 e. The molecule has 0 radical (unpaired) electrons. The summed E-state index contributed by atoms with van der Waals surface area (Å²) in [6.45, 7) is 0.534. The van der Waals surface area contributed by atoms with Crippen molar-refractivity contribution >= 4 is 28.3 Å². The maximum Gasteiger partial charge on any atom is 0.268 e. The Morgan fingerprint density at radius 3 is 2.68 bits per heavy atom. The molecule has 1 fully saturated rings. The van der Waals surface area contributed by atoms with Gasteiger partial charge in [0.15, 0.2) is 10.7 Å². The summed E-state index contributed by atoms with van der Waals surface area (Å²) in [4.78, 5) is 27.8. The number of ether oxygens (including phenoxy) is 1. The van der Waals surface area contributed by atoms with Crippen molar-refractivity contribution in [3.8, 4) is 0 Å². The fraction of sp³-hybridized carbons (Fsp3) is 0.267. The number of nitrogens with zero attached hydrogens (tertiary/aromatic N) is 1. The zero-order valence-corrected chi connectivity index (χ0v) is 12.6. The summed E-state index contributed by atoms with van der Waals surface area (Å²) in [5, 5.41) is 4.59. The highest BCUT2D eigenvalue weighted by molar-refractivity contribution is 7.14. The van der Waals surface area contributed by atoms with Gasteiger partial charge in [-0.1, -0.05) is 30.3 Å². The first-order valence-electron chi connectivity index (χ1n) is 6.88. The monoisotopic (exact) mass is 317 g/mol. The van der Waals surface area contributed by atoms with Crippen molar-refractivity contribution in [3.05, 3.63) is 47.0 Å². The molecule has 2 heterocycles. The van der Waals surface area contributed by atoms with Crippen molar-refractivity contribution in [1.29, 1.82) is 0 Å². The van der Waals surface area contributed by atoms with Crippen molar-refractivity contribution in [1.82, 2.24) is 4.98 Å². The van der Waals surface area contributed by atoms with Crippen LogP contribution in [0.5, 0.6) is 0 Å². The third-order valence-corrected chi connectivity index (χ3v) is 4.36. The van der Waals surface area contributed by atoms with Crippen LogP contribution in [0.2, 0.25) is 0 Å². The molecule has 1 aromatic carbocycles. The predicted octanol–water partition coefficient (Wildman–Crippen LogP) is 1.89. The molecule has 0 saturated carbocycles. The van der Waals surface area contributed by atoms with Crippen LogP contribution in [0.4, 0.5) is 5.13 Å².